The molecule has 0 spiro atoms. The number of aryl methyl sites for hydroxylation is 4. The van der Waals surface area contributed by atoms with Crippen molar-refractivity contribution in [1.29, 1.82) is 0 Å². The van der Waals surface area contributed by atoms with Gasteiger partial charge in [-0.2, -0.15) is 0 Å². The summed E-state index contributed by atoms with van der Waals surface area (Å²) in [5, 5.41) is 0.699. The largest absolute Gasteiger partial charge is 0.255 e. The van der Waals surface area contributed by atoms with Crippen LogP contribution in [0.3, 0.4) is 0 Å². The Morgan fingerprint density at radius 1 is 0.931 bits per heavy atom. The lowest BCUT2D eigenvalue weighted by Gasteiger charge is -2.07. The van der Waals surface area contributed by atoms with E-state index in [4.69, 9.17) is 11.6 Å². The van der Waals surface area contributed by atoms with Gasteiger partial charge in [-0.05, 0) is 62.9 Å². The zero-order chi connectivity index (χ0) is 22.2. The smallest absolute Gasteiger partial charge is 0.0890 e. The van der Waals surface area contributed by atoms with Crippen LogP contribution in [0.5, 0.6) is 0 Å². The summed E-state index contributed by atoms with van der Waals surface area (Å²) in [6, 6.07) is 18.5. The summed E-state index contributed by atoms with van der Waals surface area (Å²) in [5.41, 5.74) is 7.28. The predicted molar refractivity (Wildman–Crippen MR) is 132 cm³/mol. The van der Waals surface area contributed by atoms with Crippen molar-refractivity contribution in [2.75, 3.05) is 0 Å². The van der Waals surface area contributed by atoms with Gasteiger partial charge in [0.2, 0.25) is 0 Å². The summed E-state index contributed by atoms with van der Waals surface area (Å²) in [6.45, 7) is 17.7. The number of hydrogen-bond acceptors (Lipinski definition) is 1. The van der Waals surface area contributed by atoms with Crippen molar-refractivity contribution in [3.8, 4) is 11.3 Å². The second-order valence-corrected chi connectivity index (χ2v) is 6.75. The normalized spacial score (nSPS) is 8.97. The molecule has 29 heavy (non-hydrogen) atoms. The van der Waals surface area contributed by atoms with Crippen molar-refractivity contribution in [3.63, 3.8) is 0 Å². The Hall–Kier alpha value is -2.38. The molecule has 0 aliphatic carbocycles. The minimum absolute atomic E-state index is 0.699. The van der Waals surface area contributed by atoms with Gasteiger partial charge in [-0.25, -0.2) is 0 Å². The highest BCUT2D eigenvalue weighted by atomic mass is 35.5. The maximum Gasteiger partial charge on any atom is 0.0890 e. The zero-order valence-corrected chi connectivity index (χ0v) is 19.8. The van der Waals surface area contributed by atoms with Crippen LogP contribution in [0.4, 0.5) is 0 Å². The molecule has 0 N–H and O–H groups in total. The second kappa shape index (κ2) is 15.5. The number of benzene rings is 2. The Morgan fingerprint density at radius 3 is 2.03 bits per heavy atom. The minimum Gasteiger partial charge on any atom is -0.255 e. The van der Waals surface area contributed by atoms with Crippen molar-refractivity contribution in [1.82, 2.24) is 4.98 Å². The van der Waals surface area contributed by atoms with Gasteiger partial charge in [0.05, 0.1) is 10.7 Å². The molecule has 0 aliphatic rings. The quantitative estimate of drug-likeness (QED) is 0.385. The summed E-state index contributed by atoms with van der Waals surface area (Å²) < 4.78 is 0. The number of nitrogens with zero attached hydrogens (tertiary/aromatic N) is 1. The molecule has 1 heterocycles. The van der Waals surface area contributed by atoms with Gasteiger partial charge in [-0.15, -0.1) is 6.58 Å². The Kier molecular flexibility index (Phi) is 14.3. The monoisotopic (exact) mass is 409 g/mol. The van der Waals surface area contributed by atoms with Crippen LogP contribution in [0.2, 0.25) is 5.02 Å². The van der Waals surface area contributed by atoms with E-state index < -0.39 is 0 Å². The molecule has 0 amide bonds. The number of aromatic nitrogens is 1. The van der Waals surface area contributed by atoms with E-state index in [0.29, 0.717) is 5.02 Å². The Morgan fingerprint density at radius 2 is 1.55 bits per heavy atom. The maximum atomic E-state index is 6.11. The van der Waals surface area contributed by atoms with Crippen molar-refractivity contribution < 1.29 is 0 Å². The highest BCUT2D eigenvalue weighted by Crippen LogP contribution is 2.28. The van der Waals surface area contributed by atoms with Gasteiger partial charge in [0.15, 0.2) is 0 Å². The number of hydrogen-bond donors (Lipinski definition) is 0. The van der Waals surface area contributed by atoms with Crippen LogP contribution in [-0.2, 0) is 6.42 Å². The van der Waals surface area contributed by atoms with Crippen molar-refractivity contribution >= 4 is 11.6 Å². The molecule has 0 atom stereocenters. The lowest BCUT2D eigenvalue weighted by atomic mass is 10.0. The van der Waals surface area contributed by atoms with Crippen molar-refractivity contribution in [2.24, 2.45) is 0 Å². The average Bonchev–Trinajstić information content (AvgIpc) is 2.72. The summed E-state index contributed by atoms with van der Waals surface area (Å²) in [6.07, 6.45) is 4.66. The topological polar surface area (TPSA) is 12.9 Å². The van der Waals surface area contributed by atoms with Crippen LogP contribution in [0, 0.1) is 20.8 Å². The number of pyridine rings is 1. The molecule has 1 nitrogen and oxygen atoms in total. The first-order valence-electron chi connectivity index (χ1n) is 10.2. The van der Waals surface area contributed by atoms with Gasteiger partial charge >= 0.3 is 0 Å². The van der Waals surface area contributed by atoms with E-state index >= 15 is 0 Å². The molecule has 2 heteroatoms. The summed E-state index contributed by atoms with van der Waals surface area (Å²) >= 11 is 6.11. The highest BCUT2D eigenvalue weighted by Gasteiger charge is 2.06. The molecule has 0 bridgehead atoms. The van der Waals surface area contributed by atoms with Crippen LogP contribution < -0.4 is 0 Å². The molecule has 2 aromatic carbocycles. The average molecular weight is 410 g/mol. The minimum atomic E-state index is 0.699. The molecule has 156 valence electrons. The van der Waals surface area contributed by atoms with Crippen LogP contribution >= 0.6 is 11.6 Å². The van der Waals surface area contributed by atoms with E-state index in [1.807, 2.05) is 32.9 Å². The van der Waals surface area contributed by atoms with Crippen LogP contribution in [0.25, 0.3) is 11.3 Å². The van der Waals surface area contributed by atoms with Crippen LogP contribution in [0.15, 0.2) is 73.4 Å². The summed E-state index contributed by atoms with van der Waals surface area (Å²) in [7, 11) is 0. The first-order valence-corrected chi connectivity index (χ1v) is 10.6. The molecule has 0 fully saturated rings. The maximum absolute atomic E-state index is 6.11. The van der Waals surface area contributed by atoms with Gasteiger partial charge in [-0.3, -0.25) is 4.98 Å². The van der Waals surface area contributed by atoms with E-state index in [9.17, 15) is 0 Å². The fourth-order valence-electron chi connectivity index (χ4n) is 2.67. The zero-order valence-electron chi connectivity index (χ0n) is 19.1. The molecule has 1 aromatic heterocycles. The first kappa shape index (κ1) is 26.6. The molecule has 0 radical (unpaired) electrons. The molecule has 0 unspecified atom stereocenters. The van der Waals surface area contributed by atoms with Gasteiger partial charge in [0, 0.05) is 11.8 Å². The SMILES string of the molecule is C=CC.CC.CCc1ccccc1C.Cc1ccc(-c2ncccc2Cl)c(C)c1. The molecule has 0 saturated carbocycles. The number of allylic oxidation sites excluding steroid dienone is 1. The lowest BCUT2D eigenvalue weighted by molar-refractivity contribution is 1.11. The Balaban J connectivity index is 0.000000478. The number of rotatable bonds is 2. The third-order valence-corrected chi connectivity index (χ3v) is 4.34. The summed E-state index contributed by atoms with van der Waals surface area (Å²) in [5.74, 6) is 0. The van der Waals surface area contributed by atoms with Crippen molar-refractivity contribution in [3.05, 3.63) is 101 Å². The standard InChI is InChI=1S/C13H12ClN.C9H12.C3H6.C2H6/c1-9-5-6-11(10(2)8-9)13-12(14)4-3-7-15-13;1-3-9-7-5-4-6-8(9)2;1-3-2;1-2/h3-8H,1-2H3;4-7H,3H2,1-2H3;3H,1H2,2H3;1-2H3. The summed E-state index contributed by atoms with van der Waals surface area (Å²) in [4.78, 5) is 4.31. The molecule has 0 saturated heterocycles. The first-order chi connectivity index (χ1) is 13.9. The van der Waals surface area contributed by atoms with E-state index in [1.54, 1.807) is 12.3 Å². The predicted octanol–water partition coefficient (Wildman–Crippen LogP) is 8.79. The van der Waals surface area contributed by atoms with Gasteiger partial charge in [-0.1, -0.05) is 86.5 Å². The van der Waals surface area contributed by atoms with Gasteiger partial charge < -0.3 is 0 Å². The van der Waals surface area contributed by atoms with E-state index in [1.165, 1.54) is 22.3 Å². The second-order valence-electron chi connectivity index (χ2n) is 6.34. The fraction of sp³-hybridized carbons (Fsp3) is 0.296. The highest BCUT2D eigenvalue weighted by molar-refractivity contribution is 6.33. The van der Waals surface area contributed by atoms with Crippen LogP contribution in [0.1, 0.15) is 49.9 Å². The van der Waals surface area contributed by atoms with E-state index in [2.05, 4.69) is 81.7 Å². The lowest BCUT2D eigenvalue weighted by Crippen LogP contribution is -1.88. The molecule has 0 aliphatic heterocycles. The third-order valence-electron chi connectivity index (χ3n) is 4.04. The van der Waals surface area contributed by atoms with E-state index in [-0.39, 0.29) is 0 Å². The van der Waals surface area contributed by atoms with Gasteiger partial charge in [0.25, 0.3) is 0 Å². The Labute approximate surface area is 183 Å². The molecular weight excluding hydrogens is 374 g/mol. The molecule has 3 rings (SSSR count). The van der Waals surface area contributed by atoms with Crippen LogP contribution in [-0.4, -0.2) is 4.98 Å². The third kappa shape index (κ3) is 9.58. The molecular formula is C27H36ClN. The van der Waals surface area contributed by atoms with Gasteiger partial charge in [0.1, 0.15) is 0 Å². The number of halogens is 1. The van der Waals surface area contributed by atoms with E-state index in [0.717, 1.165) is 17.7 Å². The molecule has 3 aromatic rings. The fourth-order valence-corrected chi connectivity index (χ4v) is 2.89. The van der Waals surface area contributed by atoms with Crippen molar-refractivity contribution in [2.45, 2.75) is 54.9 Å². The Bertz CT molecular complexity index is 853.